The van der Waals surface area contributed by atoms with Crippen molar-refractivity contribution in [3.63, 3.8) is 0 Å². The van der Waals surface area contributed by atoms with Crippen molar-refractivity contribution in [3.05, 3.63) is 30.5 Å². The molecule has 1 unspecified atom stereocenters. The summed E-state index contributed by atoms with van der Waals surface area (Å²) in [4.78, 5) is 4.41. The van der Waals surface area contributed by atoms with Gasteiger partial charge in [-0.15, -0.1) is 0 Å². The van der Waals surface area contributed by atoms with E-state index in [0.29, 0.717) is 11.5 Å². The summed E-state index contributed by atoms with van der Waals surface area (Å²) in [6.07, 6.45) is 10.6. The molecule has 126 valence electrons. The van der Waals surface area contributed by atoms with Crippen molar-refractivity contribution >= 4 is 22.3 Å². The monoisotopic (exact) mass is 321 g/mol. The standard InChI is InChI=1S/C21H27N3/c1-13(21-10-14-7-15(11-21)9-16(8-14)12-21)24-19-5-4-18-17(20(19)22)3-2-6-23-18/h2-6,13-16,24H,7-12,22H2,1H3. The Balaban J connectivity index is 1.45. The number of nitrogens with two attached hydrogens (primary N) is 1. The summed E-state index contributed by atoms with van der Waals surface area (Å²) < 4.78 is 0. The van der Waals surface area contributed by atoms with E-state index in [2.05, 4.69) is 35.4 Å². The Kier molecular flexibility index (Phi) is 3.10. The fraction of sp³-hybridized carbons (Fsp3) is 0.571. The molecule has 2 aromatic rings. The van der Waals surface area contributed by atoms with Crippen LogP contribution in [0, 0.1) is 23.2 Å². The number of nitrogens with zero attached hydrogens (tertiary/aromatic N) is 1. The maximum Gasteiger partial charge on any atom is 0.0724 e. The van der Waals surface area contributed by atoms with Crippen molar-refractivity contribution in [1.29, 1.82) is 0 Å². The largest absolute Gasteiger partial charge is 0.397 e. The average molecular weight is 321 g/mol. The number of benzene rings is 1. The fourth-order valence-electron chi connectivity index (χ4n) is 6.40. The molecule has 3 nitrogen and oxygen atoms in total. The Morgan fingerprint density at radius 3 is 2.42 bits per heavy atom. The van der Waals surface area contributed by atoms with Crippen LogP contribution in [0.1, 0.15) is 45.4 Å². The summed E-state index contributed by atoms with van der Waals surface area (Å²) in [7, 11) is 0. The van der Waals surface area contributed by atoms with Gasteiger partial charge in [-0.25, -0.2) is 0 Å². The molecule has 6 rings (SSSR count). The number of anilines is 2. The predicted molar refractivity (Wildman–Crippen MR) is 99.8 cm³/mol. The molecule has 1 aromatic carbocycles. The summed E-state index contributed by atoms with van der Waals surface area (Å²) in [5.74, 6) is 2.95. The Labute approximate surface area is 144 Å². The summed E-state index contributed by atoms with van der Waals surface area (Å²) in [5.41, 5.74) is 9.85. The van der Waals surface area contributed by atoms with E-state index in [4.69, 9.17) is 5.73 Å². The maximum atomic E-state index is 6.46. The number of nitrogens with one attached hydrogen (secondary N) is 1. The maximum absolute atomic E-state index is 6.46. The van der Waals surface area contributed by atoms with E-state index in [-0.39, 0.29) is 0 Å². The number of pyridine rings is 1. The molecule has 1 heterocycles. The van der Waals surface area contributed by atoms with Gasteiger partial charge in [0, 0.05) is 17.6 Å². The van der Waals surface area contributed by atoms with Crippen molar-refractivity contribution < 1.29 is 0 Å². The first kappa shape index (κ1) is 14.6. The van der Waals surface area contributed by atoms with E-state index in [0.717, 1.165) is 40.0 Å². The first-order valence-electron chi connectivity index (χ1n) is 9.53. The normalized spacial score (nSPS) is 35.3. The number of hydrogen-bond donors (Lipinski definition) is 2. The van der Waals surface area contributed by atoms with Crippen LogP contribution in [-0.4, -0.2) is 11.0 Å². The zero-order chi connectivity index (χ0) is 16.3. The van der Waals surface area contributed by atoms with E-state index in [1.807, 2.05) is 12.3 Å². The molecular weight excluding hydrogens is 294 g/mol. The molecular formula is C21H27N3. The smallest absolute Gasteiger partial charge is 0.0724 e. The summed E-state index contributed by atoms with van der Waals surface area (Å²) in [6.45, 7) is 2.39. The van der Waals surface area contributed by atoms with Crippen molar-refractivity contribution in [2.75, 3.05) is 11.1 Å². The van der Waals surface area contributed by atoms with Gasteiger partial charge in [-0.3, -0.25) is 4.98 Å². The van der Waals surface area contributed by atoms with Crippen LogP contribution >= 0.6 is 0 Å². The van der Waals surface area contributed by atoms with Gasteiger partial charge >= 0.3 is 0 Å². The van der Waals surface area contributed by atoms with Crippen LogP contribution in [0.3, 0.4) is 0 Å². The third kappa shape index (κ3) is 2.13. The molecule has 3 heteroatoms. The second-order valence-electron chi connectivity index (χ2n) is 8.74. The highest BCUT2D eigenvalue weighted by atomic mass is 15.0. The van der Waals surface area contributed by atoms with E-state index in [1.165, 1.54) is 38.5 Å². The third-order valence-electron chi connectivity index (χ3n) is 7.20. The minimum absolute atomic E-state index is 0.488. The molecule has 1 aromatic heterocycles. The van der Waals surface area contributed by atoms with Crippen LogP contribution in [-0.2, 0) is 0 Å². The summed E-state index contributed by atoms with van der Waals surface area (Å²) >= 11 is 0. The number of fused-ring (bicyclic) bond motifs is 1. The number of aromatic nitrogens is 1. The third-order valence-corrected chi connectivity index (χ3v) is 7.20. The lowest BCUT2D eigenvalue weighted by Gasteiger charge is -2.59. The number of hydrogen-bond acceptors (Lipinski definition) is 3. The van der Waals surface area contributed by atoms with Gasteiger partial charge in [0.05, 0.1) is 16.9 Å². The molecule has 3 N–H and O–H groups in total. The average Bonchev–Trinajstić information content (AvgIpc) is 2.56. The van der Waals surface area contributed by atoms with Gasteiger partial charge in [-0.2, -0.15) is 0 Å². The Morgan fingerprint density at radius 2 is 1.75 bits per heavy atom. The second-order valence-corrected chi connectivity index (χ2v) is 8.74. The van der Waals surface area contributed by atoms with Gasteiger partial charge in [-0.05, 0) is 92.9 Å². The predicted octanol–water partition coefficient (Wildman–Crippen LogP) is 4.83. The lowest BCUT2D eigenvalue weighted by Crippen LogP contribution is -2.52. The van der Waals surface area contributed by atoms with Crippen molar-refractivity contribution in [2.45, 2.75) is 51.5 Å². The van der Waals surface area contributed by atoms with Crippen LogP contribution in [0.15, 0.2) is 30.5 Å². The highest BCUT2D eigenvalue weighted by Gasteiger charge is 2.53. The SMILES string of the molecule is CC(Nc1ccc2ncccc2c1N)C12CC3CC(CC(C3)C1)C2. The van der Waals surface area contributed by atoms with Crippen LogP contribution in [0.25, 0.3) is 10.9 Å². The van der Waals surface area contributed by atoms with Crippen molar-refractivity contribution in [1.82, 2.24) is 4.98 Å². The Hall–Kier alpha value is -1.77. The molecule has 0 saturated heterocycles. The molecule has 0 amide bonds. The Bertz CT molecular complexity index is 746. The minimum atomic E-state index is 0.488. The molecule has 0 spiro atoms. The van der Waals surface area contributed by atoms with Gasteiger partial charge in [-0.1, -0.05) is 0 Å². The van der Waals surface area contributed by atoms with Crippen LogP contribution in [0.2, 0.25) is 0 Å². The fourth-order valence-corrected chi connectivity index (χ4v) is 6.40. The van der Waals surface area contributed by atoms with Crippen LogP contribution < -0.4 is 11.1 Å². The van der Waals surface area contributed by atoms with Gasteiger partial charge < -0.3 is 11.1 Å². The zero-order valence-corrected chi connectivity index (χ0v) is 14.5. The van der Waals surface area contributed by atoms with Gasteiger partial charge in [0.2, 0.25) is 0 Å². The molecule has 4 aliphatic carbocycles. The molecule has 24 heavy (non-hydrogen) atoms. The topological polar surface area (TPSA) is 50.9 Å². The summed E-state index contributed by atoms with van der Waals surface area (Å²) in [6, 6.07) is 8.72. The minimum Gasteiger partial charge on any atom is -0.397 e. The number of rotatable bonds is 3. The molecule has 4 fully saturated rings. The lowest BCUT2D eigenvalue weighted by atomic mass is 9.48. The van der Waals surface area contributed by atoms with Crippen LogP contribution in [0.4, 0.5) is 11.4 Å². The van der Waals surface area contributed by atoms with Crippen LogP contribution in [0.5, 0.6) is 0 Å². The highest BCUT2D eigenvalue weighted by molar-refractivity contribution is 5.96. The van der Waals surface area contributed by atoms with Crippen molar-refractivity contribution in [3.8, 4) is 0 Å². The quantitative estimate of drug-likeness (QED) is 0.796. The lowest BCUT2D eigenvalue weighted by molar-refractivity contribution is -0.0602. The number of nitrogen functional groups attached to an aromatic ring is 1. The summed E-state index contributed by atoms with van der Waals surface area (Å²) in [5, 5.41) is 4.86. The van der Waals surface area contributed by atoms with E-state index >= 15 is 0 Å². The molecule has 4 aliphatic rings. The van der Waals surface area contributed by atoms with Gasteiger partial charge in [0.15, 0.2) is 0 Å². The van der Waals surface area contributed by atoms with Gasteiger partial charge in [0.1, 0.15) is 0 Å². The second kappa shape index (κ2) is 5.11. The van der Waals surface area contributed by atoms with Crippen molar-refractivity contribution in [2.24, 2.45) is 23.2 Å². The highest BCUT2D eigenvalue weighted by Crippen LogP contribution is 2.61. The molecule has 0 radical (unpaired) electrons. The van der Waals surface area contributed by atoms with E-state index < -0.39 is 0 Å². The van der Waals surface area contributed by atoms with E-state index in [1.54, 1.807) is 0 Å². The molecule has 4 bridgehead atoms. The Morgan fingerprint density at radius 1 is 1.08 bits per heavy atom. The zero-order valence-electron chi connectivity index (χ0n) is 14.5. The van der Waals surface area contributed by atoms with Gasteiger partial charge in [0.25, 0.3) is 0 Å². The molecule has 4 saturated carbocycles. The van der Waals surface area contributed by atoms with E-state index in [9.17, 15) is 0 Å². The molecule has 1 atom stereocenters. The molecule has 0 aliphatic heterocycles. The first-order valence-corrected chi connectivity index (χ1v) is 9.53. The first-order chi connectivity index (χ1) is 11.6.